The Kier molecular flexibility index (Phi) is 3.57. The Balaban J connectivity index is 0.00000128. The summed E-state index contributed by atoms with van der Waals surface area (Å²) in [6, 6.07) is 4.65. The van der Waals surface area contributed by atoms with Gasteiger partial charge in [-0.2, -0.15) is 0 Å². The van der Waals surface area contributed by atoms with Crippen LogP contribution in [-0.4, -0.2) is 21.3 Å². The third-order valence-corrected chi connectivity index (χ3v) is 2.01. The molecule has 0 unspecified atom stereocenters. The van der Waals surface area contributed by atoms with E-state index in [1.54, 1.807) is 6.07 Å². The van der Waals surface area contributed by atoms with E-state index in [-0.39, 0.29) is 30.4 Å². The Hall–Kier alpha value is -1.95. The Morgan fingerprint density at radius 3 is 2.94 bits per heavy atom. The summed E-state index contributed by atoms with van der Waals surface area (Å²) >= 11 is 0. The van der Waals surface area contributed by atoms with E-state index in [0.29, 0.717) is 11.3 Å². The highest BCUT2D eigenvalue weighted by Gasteiger charge is 2.10. The zero-order valence-corrected chi connectivity index (χ0v) is 8.94. The molecule has 0 spiro atoms. The highest BCUT2D eigenvalue weighted by Crippen LogP contribution is 2.22. The van der Waals surface area contributed by atoms with E-state index in [1.807, 2.05) is 0 Å². The largest absolute Gasteiger partial charge is 0.508 e. The summed E-state index contributed by atoms with van der Waals surface area (Å²) < 4.78 is 4.97. The number of rotatable bonds is 2. The van der Waals surface area contributed by atoms with Gasteiger partial charge in [0.2, 0.25) is 0 Å². The quantitative estimate of drug-likeness (QED) is 0.319. The fourth-order valence-corrected chi connectivity index (χ4v) is 1.31. The average Bonchev–Trinajstić information content (AvgIpc) is 2.60. The van der Waals surface area contributed by atoms with Gasteiger partial charge in [0.1, 0.15) is 11.6 Å². The number of amidine groups is 1. The van der Waals surface area contributed by atoms with Crippen molar-refractivity contribution in [2.24, 2.45) is 10.9 Å². The number of aromatic nitrogens is 1. The number of nitrogens with two attached hydrogens (primary N) is 1. The maximum Gasteiger partial charge on any atom is 0.170 e. The minimum atomic E-state index is 0. The van der Waals surface area contributed by atoms with Crippen molar-refractivity contribution in [3.8, 4) is 5.75 Å². The first-order chi connectivity index (χ1) is 7.20. The van der Waals surface area contributed by atoms with Crippen molar-refractivity contribution >= 4 is 29.2 Å². The lowest BCUT2D eigenvalue weighted by Gasteiger charge is -1.94. The maximum atomic E-state index is 9.19. The number of benzene rings is 1. The zero-order chi connectivity index (χ0) is 10.8. The van der Waals surface area contributed by atoms with E-state index < -0.39 is 0 Å². The number of fused-ring (bicyclic) bond motifs is 1. The van der Waals surface area contributed by atoms with E-state index >= 15 is 0 Å². The molecule has 1 aromatic heterocycles. The number of oxime groups is 1. The predicted octanol–water partition coefficient (Wildman–Crippen LogP) is 1.24. The molecule has 0 radical (unpaired) electrons. The number of phenols is 1. The molecule has 0 fully saturated rings. The van der Waals surface area contributed by atoms with E-state index in [2.05, 4.69) is 10.3 Å². The van der Waals surface area contributed by atoms with Gasteiger partial charge in [0.15, 0.2) is 5.58 Å². The molecule has 2 rings (SSSR count). The summed E-state index contributed by atoms with van der Waals surface area (Å²) in [5.41, 5.74) is 6.39. The predicted molar refractivity (Wildman–Crippen MR) is 60.0 cm³/mol. The van der Waals surface area contributed by atoms with Crippen molar-refractivity contribution in [2.45, 2.75) is 6.42 Å². The first kappa shape index (κ1) is 12.1. The van der Waals surface area contributed by atoms with Crippen molar-refractivity contribution in [1.29, 1.82) is 0 Å². The molecule has 6 nitrogen and oxygen atoms in total. The van der Waals surface area contributed by atoms with E-state index in [4.69, 9.17) is 15.5 Å². The first-order valence-electron chi connectivity index (χ1n) is 4.24. The van der Waals surface area contributed by atoms with Gasteiger partial charge in [-0.3, -0.25) is 0 Å². The molecular formula is C9H10ClN3O3. The molecule has 7 heteroatoms. The molecular weight excluding hydrogens is 234 g/mol. The smallest absolute Gasteiger partial charge is 0.170 e. The van der Waals surface area contributed by atoms with Gasteiger partial charge in [0.05, 0.1) is 12.1 Å². The highest BCUT2D eigenvalue weighted by atomic mass is 35.5. The van der Waals surface area contributed by atoms with Crippen molar-refractivity contribution in [3.63, 3.8) is 0 Å². The van der Waals surface area contributed by atoms with Crippen LogP contribution in [0.25, 0.3) is 11.0 Å². The van der Waals surface area contributed by atoms with E-state index in [9.17, 15) is 5.11 Å². The molecule has 0 saturated heterocycles. The zero-order valence-electron chi connectivity index (χ0n) is 8.12. The normalized spacial score (nSPS) is 11.4. The van der Waals surface area contributed by atoms with Crippen LogP contribution in [0.15, 0.2) is 27.9 Å². The van der Waals surface area contributed by atoms with Gasteiger partial charge in [0.25, 0.3) is 0 Å². The van der Waals surface area contributed by atoms with E-state index in [1.165, 1.54) is 12.1 Å². The van der Waals surface area contributed by atoms with Crippen LogP contribution >= 0.6 is 12.4 Å². The summed E-state index contributed by atoms with van der Waals surface area (Å²) in [6.07, 6.45) is 0.203. The minimum Gasteiger partial charge on any atom is -0.508 e. The van der Waals surface area contributed by atoms with Gasteiger partial charge in [-0.25, -0.2) is 0 Å². The molecule has 0 aliphatic rings. The van der Waals surface area contributed by atoms with Gasteiger partial charge in [-0.1, -0.05) is 10.3 Å². The van der Waals surface area contributed by atoms with Gasteiger partial charge >= 0.3 is 0 Å². The van der Waals surface area contributed by atoms with Crippen LogP contribution in [0, 0.1) is 0 Å². The number of phenolic OH excluding ortho intramolecular Hbond substituents is 1. The number of hydrogen-bond donors (Lipinski definition) is 3. The molecule has 0 amide bonds. The molecule has 0 bridgehead atoms. The number of halogens is 1. The lowest BCUT2D eigenvalue weighted by molar-refractivity contribution is 0.317. The van der Waals surface area contributed by atoms with Crippen LogP contribution in [0.5, 0.6) is 5.75 Å². The molecule has 0 aliphatic carbocycles. The molecule has 2 aromatic rings. The number of nitrogens with zero attached hydrogens (tertiary/aromatic N) is 2. The second kappa shape index (κ2) is 4.71. The summed E-state index contributed by atoms with van der Waals surface area (Å²) in [4.78, 5) is 0. The van der Waals surface area contributed by atoms with Crippen LogP contribution in [0.3, 0.4) is 0 Å². The molecule has 16 heavy (non-hydrogen) atoms. The standard InChI is InChI=1S/C9H9N3O3.ClH/c10-9(11-14)4-7-6-2-1-5(13)3-8(6)15-12-7;/h1-3,13-14H,4H2,(H2,10,11);1H. The van der Waals surface area contributed by atoms with Gasteiger partial charge in [-0.15, -0.1) is 12.4 Å². The second-order valence-corrected chi connectivity index (χ2v) is 3.08. The summed E-state index contributed by atoms with van der Waals surface area (Å²) in [6.45, 7) is 0. The molecule has 1 aromatic carbocycles. The molecule has 86 valence electrons. The number of aromatic hydroxyl groups is 1. The SMILES string of the molecule is Cl.NC(Cc1noc2cc(O)ccc12)=NO. The molecule has 0 atom stereocenters. The Labute approximate surface area is 96.7 Å². The number of hydrogen-bond acceptors (Lipinski definition) is 5. The second-order valence-electron chi connectivity index (χ2n) is 3.08. The summed E-state index contributed by atoms with van der Waals surface area (Å²) in [7, 11) is 0. The fourth-order valence-electron chi connectivity index (χ4n) is 1.31. The molecule has 1 heterocycles. The summed E-state index contributed by atoms with van der Waals surface area (Å²) in [5, 5.41) is 25.0. The monoisotopic (exact) mass is 243 g/mol. The third-order valence-electron chi connectivity index (χ3n) is 2.01. The van der Waals surface area contributed by atoms with Gasteiger partial charge < -0.3 is 20.6 Å². The van der Waals surface area contributed by atoms with Crippen LogP contribution in [0.1, 0.15) is 5.69 Å². The highest BCUT2D eigenvalue weighted by molar-refractivity contribution is 5.88. The van der Waals surface area contributed by atoms with Crippen molar-refractivity contribution in [2.75, 3.05) is 0 Å². The van der Waals surface area contributed by atoms with Gasteiger partial charge in [0, 0.05) is 11.5 Å². The lowest BCUT2D eigenvalue weighted by Crippen LogP contribution is -2.14. The first-order valence-corrected chi connectivity index (χ1v) is 4.24. The fraction of sp³-hybridized carbons (Fsp3) is 0.111. The topological polar surface area (TPSA) is 105 Å². The molecule has 0 aliphatic heterocycles. The van der Waals surface area contributed by atoms with Gasteiger partial charge in [-0.05, 0) is 12.1 Å². The minimum absolute atomic E-state index is 0. The Morgan fingerprint density at radius 2 is 2.25 bits per heavy atom. The Bertz CT molecular complexity index is 524. The van der Waals surface area contributed by atoms with Crippen LogP contribution in [-0.2, 0) is 6.42 Å². The average molecular weight is 244 g/mol. The summed E-state index contributed by atoms with van der Waals surface area (Å²) in [5.74, 6) is 0.160. The van der Waals surface area contributed by atoms with Crippen LogP contribution < -0.4 is 5.73 Å². The maximum absolute atomic E-state index is 9.19. The van der Waals surface area contributed by atoms with Crippen molar-refractivity contribution < 1.29 is 14.8 Å². The lowest BCUT2D eigenvalue weighted by atomic mass is 10.1. The third kappa shape index (κ3) is 2.17. The van der Waals surface area contributed by atoms with E-state index in [0.717, 1.165) is 5.39 Å². The molecule has 0 saturated carbocycles. The van der Waals surface area contributed by atoms with Crippen molar-refractivity contribution in [3.05, 3.63) is 23.9 Å². The Morgan fingerprint density at radius 1 is 1.50 bits per heavy atom. The van der Waals surface area contributed by atoms with Crippen LogP contribution in [0.2, 0.25) is 0 Å². The van der Waals surface area contributed by atoms with Crippen molar-refractivity contribution in [1.82, 2.24) is 5.16 Å². The molecule has 4 N–H and O–H groups in total. The van der Waals surface area contributed by atoms with Crippen LogP contribution in [0.4, 0.5) is 0 Å².